The fourth-order valence-corrected chi connectivity index (χ4v) is 3.58. The standard InChI is InChI=1S/C10H19NO3S/c12-10(6-2-1-3-7-10)8-11-15(13,14)9-4-5-9/h9,11-12H,1-8H2. The molecule has 0 aromatic rings. The topological polar surface area (TPSA) is 66.4 Å². The van der Waals surface area contributed by atoms with E-state index in [0.717, 1.165) is 44.9 Å². The number of hydrogen-bond donors (Lipinski definition) is 2. The van der Waals surface area contributed by atoms with Gasteiger partial charge in [-0.05, 0) is 25.7 Å². The fourth-order valence-electron chi connectivity index (χ4n) is 2.12. The van der Waals surface area contributed by atoms with Crippen LogP contribution in [0, 0.1) is 0 Å². The van der Waals surface area contributed by atoms with E-state index in [1.807, 2.05) is 0 Å². The highest BCUT2D eigenvalue weighted by atomic mass is 32.2. The van der Waals surface area contributed by atoms with Crippen molar-refractivity contribution in [2.45, 2.75) is 55.8 Å². The third kappa shape index (κ3) is 2.92. The van der Waals surface area contributed by atoms with Crippen LogP contribution in [0.15, 0.2) is 0 Å². The summed E-state index contributed by atoms with van der Waals surface area (Å²) in [5, 5.41) is 9.92. The third-order valence-corrected chi connectivity index (χ3v) is 5.25. The molecule has 0 heterocycles. The van der Waals surface area contributed by atoms with Gasteiger partial charge in [0.2, 0.25) is 10.0 Å². The zero-order chi connectivity index (χ0) is 10.9. The Bertz CT molecular complexity index is 316. The van der Waals surface area contributed by atoms with Crippen LogP contribution in [0.3, 0.4) is 0 Å². The Morgan fingerprint density at radius 2 is 1.80 bits per heavy atom. The van der Waals surface area contributed by atoms with E-state index in [1.165, 1.54) is 0 Å². The van der Waals surface area contributed by atoms with Gasteiger partial charge in [0.15, 0.2) is 0 Å². The summed E-state index contributed by atoms with van der Waals surface area (Å²) in [4.78, 5) is 0. The van der Waals surface area contributed by atoms with Gasteiger partial charge in [-0.15, -0.1) is 0 Å². The SMILES string of the molecule is O=S(=O)(NCC1(O)CCCCC1)C1CC1. The number of aliphatic hydroxyl groups is 1. The van der Waals surface area contributed by atoms with Crippen LogP contribution in [0.2, 0.25) is 0 Å². The van der Waals surface area contributed by atoms with Gasteiger partial charge in [0, 0.05) is 6.54 Å². The predicted octanol–water partition coefficient (Wildman–Crippen LogP) is 0.763. The molecule has 4 nitrogen and oxygen atoms in total. The van der Waals surface area contributed by atoms with Crippen molar-refractivity contribution >= 4 is 10.0 Å². The molecule has 0 unspecified atom stereocenters. The lowest BCUT2D eigenvalue weighted by atomic mass is 9.85. The summed E-state index contributed by atoms with van der Waals surface area (Å²) >= 11 is 0. The lowest BCUT2D eigenvalue weighted by molar-refractivity contribution is 0.00945. The Morgan fingerprint density at radius 1 is 1.20 bits per heavy atom. The molecule has 2 N–H and O–H groups in total. The Hall–Kier alpha value is -0.130. The van der Waals surface area contributed by atoms with Crippen molar-refractivity contribution in [2.75, 3.05) is 6.54 Å². The van der Waals surface area contributed by atoms with Gasteiger partial charge in [0.25, 0.3) is 0 Å². The van der Waals surface area contributed by atoms with E-state index in [-0.39, 0.29) is 11.8 Å². The van der Waals surface area contributed by atoms with Crippen LogP contribution in [0.4, 0.5) is 0 Å². The molecule has 5 heteroatoms. The van der Waals surface area contributed by atoms with Crippen LogP contribution in [0.5, 0.6) is 0 Å². The monoisotopic (exact) mass is 233 g/mol. The first-order valence-electron chi connectivity index (χ1n) is 5.73. The zero-order valence-electron chi connectivity index (χ0n) is 8.91. The molecule has 2 fully saturated rings. The van der Waals surface area contributed by atoms with Gasteiger partial charge in [-0.25, -0.2) is 13.1 Å². The van der Waals surface area contributed by atoms with Crippen molar-refractivity contribution in [3.63, 3.8) is 0 Å². The smallest absolute Gasteiger partial charge is 0.214 e. The molecule has 2 aliphatic carbocycles. The van der Waals surface area contributed by atoms with Crippen molar-refractivity contribution in [1.29, 1.82) is 0 Å². The van der Waals surface area contributed by atoms with Gasteiger partial charge in [-0.3, -0.25) is 0 Å². The van der Waals surface area contributed by atoms with E-state index in [0.29, 0.717) is 0 Å². The normalized spacial score (nSPS) is 26.5. The molecule has 0 aromatic heterocycles. The molecule has 0 saturated heterocycles. The molecule has 0 atom stereocenters. The van der Waals surface area contributed by atoms with E-state index in [4.69, 9.17) is 0 Å². The first-order chi connectivity index (χ1) is 7.02. The van der Waals surface area contributed by atoms with E-state index in [2.05, 4.69) is 4.72 Å². The highest BCUT2D eigenvalue weighted by Gasteiger charge is 2.38. The summed E-state index contributed by atoms with van der Waals surface area (Å²) < 4.78 is 25.7. The van der Waals surface area contributed by atoms with Crippen molar-refractivity contribution in [2.24, 2.45) is 0 Å². The van der Waals surface area contributed by atoms with Gasteiger partial charge >= 0.3 is 0 Å². The van der Waals surface area contributed by atoms with Crippen molar-refractivity contribution in [3.05, 3.63) is 0 Å². The number of hydrogen-bond acceptors (Lipinski definition) is 3. The van der Waals surface area contributed by atoms with Crippen LogP contribution in [-0.2, 0) is 10.0 Å². The van der Waals surface area contributed by atoms with E-state index < -0.39 is 15.6 Å². The molecule has 15 heavy (non-hydrogen) atoms. The first-order valence-corrected chi connectivity index (χ1v) is 7.27. The Labute approximate surface area is 91.1 Å². The highest BCUT2D eigenvalue weighted by Crippen LogP contribution is 2.30. The lowest BCUT2D eigenvalue weighted by Crippen LogP contribution is -2.45. The maximum atomic E-state index is 11.6. The van der Waals surface area contributed by atoms with Crippen LogP contribution >= 0.6 is 0 Å². The summed E-state index contributed by atoms with van der Waals surface area (Å²) in [5.41, 5.74) is -0.791. The van der Waals surface area contributed by atoms with E-state index >= 15 is 0 Å². The zero-order valence-corrected chi connectivity index (χ0v) is 9.72. The largest absolute Gasteiger partial charge is 0.389 e. The number of rotatable bonds is 4. The predicted molar refractivity (Wildman–Crippen MR) is 58.0 cm³/mol. The molecular formula is C10H19NO3S. The van der Waals surface area contributed by atoms with Crippen molar-refractivity contribution < 1.29 is 13.5 Å². The van der Waals surface area contributed by atoms with Crippen LogP contribution in [0.1, 0.15) is 44.9 Å². The van der Waals surface area contributed by atoms with Crippen LogP contribution in [0.25, 0.3) is 0 Å². The van der Waals surface area contributed by atoms with E-state index in [1.54, 1.807) is 0 Å². The third-order valence-electron chi connectivity index (χ3n) is 3.35. The minimum Gasteiger partial charge on any atom is -0.389 e. The highest BCUT2D eigenvalue weighted by molar-refractivity contribution is 7.90. The minimum atomic E-state index is -3.13. The van der Waals surface area contributed by atoms with Gasteiger partial charge in [-0.1, -0.05) is 19.3 Å². The van der Waals surface area contributed by atoms with Crippen LogP contribution < -0.4 is 4.72 Å². The molecule has 2 saturated carbocycles. The first kappa shape index (κ1) is 11.4. The second-order valence-corrected chi connectivity index (χ2v) is 6.90. The average molecular weight is 233 g/mol. The van der Waals surface area contributed by atoms with Gasteiger partial charge in [0.05, 0.1) is 10.9 Å². The minimum absolute atomic E-state index is 0.190. The summed E-state index contributed by atoms with van der Waals surface area (Å²) in [6.45, 7) is 0.200. The summed E-state index contributed by atoms with van der Waals surface area (Å²) in [5.74, 6) is 0. The quantitative estimate of drug-likeness (QED) is 0.753. The molecule has 0 aromatic carbocycles. The molecule has 2 aliphatic rings. The number of sulfonamides is 1. The fraction of sp³-hybridized carbons (Fsp3) is 1.00. The molecule has 88 valence electrons. The van der Waals surface area contributed by atoms with E-state index in [9.17, 15) is 13.5 Å². The molecule has 0 aliphatic heterocycles. The van der Waals surface area contributed by atoms with Crippen molar-refractivity contribution in [3.8, 4) is 0 Å². The van der Waals surface area contributed by atoms with Gasteiger partial charge in [-0.2, -0.15) is 0 Å². The molecule has 0 spiro atoms. The maximum absolute atomic E-state index is 11.6. The Kier molecular flexibility index (Phi) is 3.05. The summed E-state index contributed by atoms with van der Waals surface area (Å²) in [6, 6.07) is 0. The second kappa shape index (κ2) is 4.03. The maximum Gasteiger partial charge on any atom is 0.214 e. The summed E-state index contributed by atoms with van der Waals surface area (Å²) in [7, 11) is -3.13. The second-order valence-electron chi connectivity index (χ2n) is 4.85. The van der Waals surface area contributed by atoms with Crippen LogP contribution in [-0.4, -0.2) is 30.9 Å². The molecule has 2 rings (SSSR count). The lowest BCUT2D eigenvalue weighted by Gasteiger charge is -2.32. The Morgan fingerprint density at radius 3 is 2.33 bits per heavy atom. The summed E-state index contributed by atoms with van der Waals surface area (Å²) in [6.07, 6.45) is 6.14. The molecule has 0 bridgehead atoms. The van der Waals surface area contributed by atoms with Gasteiger partial charge in [0.1, 0.15) is 0 Å². The van der Waals surface area contributed by atoms with Crippen molar-refractivity contribution in [1.82, 2.24) is 4.72 Å². The molecule has 0 radical (unpaired) electrons. The van der Waals surface area contributed by atoms with Gasteiger partial charge < -0.3 is 5.11 Å². The Balaban J connectivity index is 1.86. The molecule has 0 amide bonds. The molecular weight excluding hydrogens is 214 g/mol. The number of nitrogens with one attached hydrogen (secondary N) is 1. The average Bonchev–Trinajstić information content (AvgIpc) is 3.00.